The van der Waals surface area contributed by atoms with Gasteiger partial charge in [0.2, 0.25) is 0 Å². The second-order valence-electron chi connectivity index (χ2n) is 5.31. The van der Waals surface area contributed by atoms with Crippen molar-refractivity contribution >= 4 is 5.97 Å². The molecule has 0 heterocycles. The normalized spacial score (nSPS) is 11.8. The van der Waals surface area contributed by atoms with Crippen molar-refractivity contribution in [2.75, 3.05) is 0 Å². The number of carboxylic acids is 1. The Morgan fingerprint density at radius 2 is 1.88 bits per heavy atom. The number of carbonyl (C=O) groups is 1. The second-order valence-corrected chi connectivity index (χ2v) is 5.31. The van der Waals surface area contributed by atoms with Crippen LogP contribution in [0.1, 0.15) is 18.1 Å². The molecule has 0 aliphatic rings. The van der Waals surface area contributed by atoms with E-state index in [0.29, 0.717) is 16.7 Å². The minimum Gasteiger partial charge on any atom is -0.507 e. The van der Waals surface area contributed by atoms with E-state index >= 15 is 0 Å². The number of hydrogen-bond donors (Lipinski definition) is 3. The fourth-order valence-electron chi connectivity index (χ4n) is 2.42. The fourth-order valence-corrected chi connectivity index (χ4v) is 2.42. The molecule has 0 spiro atoms. The second kappa shape index (κ2) is 7.84. The van der Waals surface area contributed by atoms with Gasteiger partial charge in [0, 0.05) is 11.1 Å². The molecule has 0 aliphatic heterocycles. The minimum atomic E-state index is -1.22. The smallest absolute Gasteiger partial charge is 0.339 e. The van der Waals surface area contributed by atoms with Gasteiger partial charge in [-0.3, -0.25) is 0 Å². The van der Waals surface area contributed by atoms with Gasteiger partial charge in [-0.2, -0.15) is 5.26 Å². The van der Waals surface area contributed by atoms with Gasteiger partial charge in [-0.1, -0.05) is 36.4 Å². The first kappa shape index (κ1) is 17.8. The number of nitrogens with zero attached hydrogens (tertiary/aromatic N) is 1. The summed E-state index contributed by atoms with van der Waals surface area (Å²) in [5.41, 5.74) is 2.06. The molecule has 0 fully saturated rings. The molecule has 2 aromatic rings. The quantitative estimate of drug-likeness (QED) is 0.436. The highest BCUT2D eigenvalue weighted by Crippen LogP contribution is 2.31. The van der Waals surface area contributed by atoms with Crippen LogP contribution in [-0.4, -0.2) is 21.3 Å². The summed E-state index contributed by atoms with van der Waals surface area (Å²) in [7, 11) is 0. The first-order chi connectivity index (χ1) is 12.0. The monoisotopic (exact) mass is 335 g/mol. The van der Waals surface area contributed by atoms with Gasteiger partial charge in [0.15, 0.2) is 0 Å². The Balaban J connectivity index is 2.39. The van der Waals surface area contributed by atoms with Gasteiger partial charge < -0.3 is 15.3 Å². The molecule has 0 radical (unpaired) electrons. The van der Waals surface area contributed by atoms with Crippen LogP contribution in [0.15, 0.2) is 65.9 Å². The topological polar surface area (TPSA) is 102 Å². The number of benzene rings is 2. The number of rotatable bonds is 5. The van der Waals surface area contributed by atoms with Crippen molar-refractivity contribution in [3.63, 3.8) is 0 Å². The van der Waals surface area contributed by atoms with Crippen molar-refractivity contribution in [3.05, 3.63) is 77.1 Å². The number of nitriles is 1. The van der Waals surface area contributed by atoms with Crippen molar-refractivity contribution in [3.8, 4) is 22.9 Å². The number of aliphatic hydroxyl groups excluding tert-OH is 1. The Morgan fingerprint density at radius 1 is 1.16 bits per heavy atom. The number of carboxylic acid groups (broad SMARTS) is 1. The maximum Gasteiger partial charge on any atom is 0.339 e. The zero-order valence-electron chi connectivity index (χ0n) is 13.6. The molecule has 5 heteroatoms. The summed E-state index contributed by atoms with van der Waals surface area (Å²) in [5.74, 6) is -1.45. The van der Waals surface area contributed by atoms with E-state index in [1.165, 1.54) is 12.2 Å². The van der Waals surface area contributed by atoms with Crippen LogP contribution in [0.5, 0.6) is 5.75 Å². The van der Waals surface area contributed by atoms with E-state index in [9.17, 15) is 20.3 Å². The molecule has 126 valence electrons. The molecule has 0 saturated heterocycles. The predicted octanol–water partition coefficient (Wildman–Crippen LogP) is 3.95. The van der Waals surface area contributed by atoms with Crippen LogP contribution in [0.25, 0.3) is 11.1 Å². The van der Waals surface area contributed by atoms with E-state index in [2.05, 4.69) is 6.07 Å². The van der Waals surface area contributed by atoms with E-state index in [-0.39, 0.29) is 23.5 Å². The first-order valence-electron chi connectivity index (χ1n) is 7.58. The van der Waals surface area contributed by atoms with Crippen LogP contribution >= 0.6 is 0 Å². The molecule has 2 aromatic carbocycles. The van der Waals surface area contributed by atoms with E-state index in [4.69, 9.17) is 5.11 Å². The summed E-state index contributed by atoms with van der Waals surface area (Å²) >= 11 is 0. The van der Waals surface area contributed by atoms with Crippen LogP contribution in [0.4, 0.5) is 0 Å². The maximum atomic E-state index is 11.2. The molecule has 0 unspecified atom stereocenters. The number of allylic oxidation sites excluding steroid dienone is 2. The Hall–Kier alpha value is -3.52. The van der Waals surface area contributed by atoms with Gasteiger partial charge >= 0.3 is 5.97 Å². The van der Waals surface area contributed by atoms with Crippen molar-refractivity contribution in [2.24, 2.45) is 0 Å². The zero-order chi connectivity index (χ0) is 18.4. The zero-order valence-corrected chi connectivity index (χ0v) is 13.6. The number of aliphatic carboxylic acids is 1. The highest BCUT2D eigenvalue weighted by molar-refractivity contribution is 5.90. The lowest BCUT2D eigenvalue weighted by molar-refractivity contribution is -0.132. The summed E-state index contributed by atoms with van der Waals surface area (Å²) in [6, 6.07) is 13.9. The Labute approximate surface area is 145 Å². The molecule has 0 bridgehead atoms. The molecular formula is C20H17NO4. The van der Waals surface area contributed by atoms with Crippen molar-refractivity contribution < 1.29 is 20.1 Å². The molecule has 3 N–H and O–H groups in total. The summed E-state index contributed by atoms with van der Waals surface area (Å²) in [6.45, 7) is 1.54. The predicted molar refractivity (Wildman–Crippen MR) is 94.1 cm³/mol. The summed E-state index contributed by atoms with van der Waals surface area (Å²) in [5, 5.41) is 38.1. The van der Waals surface area contributed by atoms with Crippen molar-refractivity contribution in [1.29, 1.82) is 5.26 Å². The van der Waals surface area contributed by atoms with Gasteiger partial charge in [-0.05, 0) is 37.1 Å². The molecule has 0 aliphatic carbocycles. The Bertz CT molecular complexity index is 904. The first-order valence-corrected chi connectivity index (χ1v) is 7.58. The van der Waals surface area contributed by atoms with E-state index in [1.54, 1.807) is 49.4 Å². The van der Waals surface area contributed by atoms with Crippen molar-refractivity contribution in [2.45, 2.75) is 13.3 Å². The Kier molecular flexibility index (Phi) is 5.59. The maximum absolute atomic E-state index is 11.2. The average Bonchev–Trinajstić information content (AvgIpc) is 2.61. The highest BCUT2D eigenvalue weighted by Gasteiger charge is 2.12. The van der Waals surface area contributed by atoms with Crippen LogP contribution in [0.2, 0.25) is 0 Å². The lowest BCUT2D eigenvalue weighted by Crippen LogP contribution is -2.04. The summed E-state index contributed by atoms with van der Waals surface area (Å²) in [4.78, 5) is 11.2. The number of para-hydroxylation sites is 1. The number of phenols is 1. The van der Waals surface area contributed by atoms with Gasteiger partial charge in [-0.25, -0.2) is 4.79 Å². The van der Waals surface area contributed by atoms with E-state index < -0.39 is 5.97 Å². The average molecular weight is 335 g/mol. The lowest BCUT2D eigenvalue weighted by Gasteiger charge is -2.08. The summed E-state index contributed by atoms with van der Waals surface area (Å²) in [6.07, 6.45) is 2.95. The van der Waals surface area contributed by atoms with Gasteiger partial charge in [-0.15, -0.1) is 0 Å². The molecule has 5 nitrogen and oxygen atoms in total. The summed E-state index contributed by atoms with van der Waals surface area (Å²) < 4.78 is 0. The van der Waals surface area contributed by atoms with E-state index in [0.717, 1.165) is 5.56 Å². The largest absolute Gasteiger partial charge is 0.507 e. The van der Waals surface area contributed by atoms with Crippen LogP contribution in [0.3, 0.4) is 0 Å². The standard InChI is InChI=1S/C20H17NO4/c1-2-18(22)17(20(24)25)10-8-13-7-9-15(14(11-13)12-21)16-5-3-4-6-19(16)23/h2-7,9-11,22-23H,8H2,1H3,(H,24,25)/b17-10+,18-2+. The minimum absolute atomic E-state index is 0.0813. The molecule has 2 rings (SSSR count). The number of aromatic hydroxyl groups is 1. The highest BCUT2D eigenvalue weighted by atomic mass is 16.4. The molecule has 0 aromatic heterocycles. The van der Waals surface area contributed by atoms with Gasteiger partial charge in [0.25, 0.3) is 0 Å². The molecule has 0 amide bonds. The third kappa shape index (κ3) is 4.06. The molecule has 0 saturated carbocycles. The number of hydrogen-bond acceptors (Lipinski definition) is 4. The van der Waals surface area contributed by atoms with Gasteiger partial charge in [0.1, 0.15) is 11.5 Å². The third-order valence-electron chi connectivity index (χ3n) is 3.72. The van der Waals surface area contributed by atoms with E-state index in [1.807, 2.05) is 0 Å². The molecule has 0 atom stereocenters. The molecular weight excluding hydrogens is 318 g/mol. The fraction of sp³-hybridized carbons (Fsp3) is 0.100. The third-order valence-corrected chi connectivity index (χ3v) is 3.72. The van der Waals surface area contributed by atoms with Gasteiger partial charge in [0.05, 0.1) is 17.2 Å². The van der Waals surface area contributed by atoms with Crippen LogP contribution in [0, 0.1) is 11.3 Å². The van der Waals surface area contributed by atoms with Crippen LogP contribution in [-0.2, 0) is 11.2 Å². The Morgan fingerprint density at radius 3 is 2.48 bits per heavy atom. The molecule has 25 heavy (non-hydrogen) atoms. The number of phenolic OH excluding ortho intramolecular Hbond substituents is 1. The number of aliphatic hydroxyl groups is 1. The van der Waals surface area contributed by atoms with Crippen LogP contribution < -0.4 is 0 Å². The SMILES string of the molecule is C/C=C(O)\C(=C/Cc1ccc(-c2ccccc2O)c(C#N)c1)C(=O)O. The lowest BCUT2D eigenvalue weighted by atomic mass is 9.96. The van der Waals surface area contributed by atoms with Crippen molar-refractivity contribution in [1.82, 2.24) is 0 Å².